The number of hydrogen-bond donors (Lipinski definition) is 1. The Kier molecular flexibility index (Phi) is 3.66. The van der Waals surface area contributed by atoms with Crippen molar-refractivity contribution in [3.05, 3.63) is 62.8 Å². The monoisotopic (exact) mass is 364 g/mol. The molecule has 7 nitrogen and oxygen atoms in total. The summed E-state index contributed by atoms with van der Waals surface area (Å²) in [6, 6.07) is 10.5. The molecule has 134 valence electrons. The molecule has 0 bridgehead atoms. The van der Waals surface area contributed by atoms with Crippen LogP contribution >= 0.6 is 0 Å². The van der Waals surface area contributed by atoms with E-state index < -0.39 is 45.9 Å². The van der Waals surface area contributed by atoms with Crippen molar-refractivity contribution in [2.24, 2.45) is 0 Å². The van der Waals surface area contributed by atoms with Crippen LogP contribution in [-0.4, -0.2) is 16.7 Å². The van der Waals surface area contributed by atoms with Crippen molar-refractivity contribution in [2.75, 3.05) is 0 Å². The Hall–Kier alpha value is -3.74. The van der Waals surface area contributed by atoms with Crippen molar-refractivity contribution in [3.8, 4) is 5.75 Å². The molecule has 0 aliphatic carbocycles. The van der Waals surface area contributed by atoms with Crippen LogP contribution in [0.15, 0.2) is 54.8 Å². The molecular formula is C20H12O7. The van der Waals surface area contributed by atoms with Crippen molar-refractivity contribution in [1.82, 2.24) is 0 Å². The lowest BCUT2D eigenvalue weighted by atomic mass is 10.0. The molecule has 0 saturated carbocycles. The lowest BCUT2D eigenvalue weighted by Crippen LogP contribution is -2.18. The van der Waals surface area contributed by atoms with E-state index in [0.29, 0.717) is 10.8 Å². The van der Waals surface area contributed by atoms with Crippen molar-refractivity contribution in [3.63, 3.8) is 0 Å². The summed E-state index contributed by atoms with van der Waals surface area (Å²) < 4.78 is 10.5. The van der Waals surface area contributed by atoms with Crippen molar-refractivity contribution >= 4 is 44.3 Å². The minimum absolute atomic E-state index is 0.167. The zero-order chi connectivity index (χ0) is 19.3. The number of hydrogen-bond acceptors (Lipinski definition) is 7. The summed E-state index contributed by atoms with van der Waals surface area (Å²) in [5, 5.41) is 11.8. The summed E-state index contributed by atoms with van der Waals surface area (Å²) in [5.74, 6) is -2.25. The van der Waals surface area contributed by atoms with Crippen LogP contribution in [0, 0.1) is 0 Å². The first-order valence-corrected chi connectivity index (χ1v) is 8.05. The smallest absolute Gasteiger partial charge is 0.351 e. The van der Waals surface area contributed by atoms with Gasteiger partial charge in [-0.2, -0.15) is 0 Å². The van der Waals surface area contributed by atoms with Crippen LogP contribution in [0.3, 0.4) is 0 Å². The van der Waals surface area contributed by atoms with Gasteiger partial charge < -0.3 is 13.9 Å². The first-order chi connectivity index (χ1) is 12.9. The molecule has 4 aromatic rings. The van der Waals surface area contributed by atoms with Crippen LogP contribution < -0.4 is 11.3 Å². The fraction of sp³-hybridized carbons (Fsp3) is 0.100. The molecule has 1 N–H and O–H groups in total. The van der Waals surface area contributed by atoms with E-state index in [-0.39, 0.29) is 11.2 Å². The van der Waals surface area contributed by atoms with Gasteiger partial charge in [0.15, 0.2) is 17.1 Å². The van der Waals surface area contributed by atoms with E-state index in [1.807, 2.05) is 12.1 Å². The highest BCUT2D eigenvalue weighted by Crippen LogP contribution is 2.34. The molecule has 0 aliphatic heterocycles. The standard InChI is InChI=1S/C20H12O7/c1-9(21)8-12(22)15-17(23)16-18(27-19(15)24)14-11-5-3-2-4-10(11)6-7-13(14)26-20(16)25/h2-7,23H,8H2,1H3. The molecule has 0 amide bonds. The normalized spacial score (nSPS) is 11.3. The van der Waals surface area contributed by atoms with Gasteiger partial charge in [-0.3, -0.25) is 9.59 Å². The Morgan fingerprint density at radius 2 is 1.70 bits per heavy atom. The molecular weight excluding hydrogens is 352 g/mol. The number of rotatable bonds is 3. The van der Waals surface area contributed by atoms with E-state index in [1.165, 1.54) is 6.92 Å². The molecule has 0 fully saturated rings. The lowest BCUT2D eigenvalue weighted by molar-refractivity contribution is -0.116. The Morgan fingerprint density at radius 1 is 0.963 bits per heavy atom. The van der Waals surface area contributed by atoms with Crippen LogP contribution in [0.1, 0.15) is 23.7 Å². The molecule has 4 rings (SSSR count). The third-order valence-corrected chi connectivity index (χ3v) is 4.31. The Labute approximate surface area is 150 Å². The number of benzene rings is 2. The zero-order valence-corrected chi connectivity index (χ0v) is 14.1. The summed E-state index contributed by atoms with van der Waals surface area (Å²) in [4.78, 5) is 48.1. The van der Waals surface area contributed by atoms with Crippen molar-refractivity contribution < 1.29 is 23.5 Å². The van der Waals surface area contributed by atoms with E-state index in [0.717, 1.165) is 5.39 Å². The van der Waals surface area contributed by atoms with Crippen LogP contribution in [0.4, 0.5) is 0 Å². The molecule has 2 aromatic carbocycles. The van der Waals surface area contributed by atoms with E-state index in [9.17, 15) is 24.3 Å². The van der Waals surface area contributed by atoms with Crippen molar-refractivity contribution in [2.45, 2.75) is 13.3 Å². The van der Waals surface area contributed by atoms with Crippen LogP contribution in [-0.2, 0) is 4.79 Å². The van der Waals surface area contributed by atoms with Gasteiger partial charge in [-0.05, 0) is 23.8 Å². The van der Waals surface area contributed by atoms with Crippen LogP contribution in [0.5, 0.6) is 5.75 Å². The maximum atomic E-state index is 12.4. The number of fused-ring (bicyclic) bond motifs is 5. The molecule has 0 atom stereocenters. The molecule has 2 heterocycles. The third-order valence-electron chi connectivity index (χ3n) is 4.31. The van der Waals surface area contributed by atoms with Crippen LogP contribution in [0.25, 0.3) is 32.7 Å². The molecule has 0 spiro atoms. The maximum Gasteiger partial charge on any atom is 0.351 e. The second kappa shape index (κ2) is 5.91. The van der Waals surface area contributed by atoms with Crippen molar-refractivity contribution in [1.29, 1.82) is 0 Å². The fourth-order valence-corrected chi connectivity index (χ4v) is 3.17. The highest BCUT2D eigenvalue weighted by Gasteiger charge is 2.26. The molecule has 2 aromatic heterocycles. The molecule has 0 unspecified atom stereocenters. The second-order valence-electron chi connectivity index (χ2n) is 6.17. The van der Waals surface area contributed by atoms with Gasteiger partial charge in [0, 0.05) is 0 Å². The summed E-state index contributed by atoms with van der Waals surface area (Å²) in [7, 11) is 0. The summed E-state index contributed by atoms with van der Waals surface area (Å²) in [5.41, 5.74) is -2.79. The van der Waals surface area contributed by atoms with Gasteiger partial charge in [0.2, 0.25) is 0 Å². The SMILES string of the molecule is CC(=O)CC(=O)c1c(O)c2c(=O)oc3ccc4ccccc4c3c2oc1=O. The number of Topliss-reactive ketones (excluding diaryl/α,β-unsaturated/α-hetero) is 2. The number of carbonyl (C=O) groups excluding carboxylic acids is 2. The van der Waals surface area contributed by atoms with E-state index in [2.05, 4.69) is 0 Å². The summed E-state index contributed by atoms with van der Waals surface area (Å²) >= 11 is 0. The Morgan fingerprint density at radius 3 is 2.44 bits per heavy atom. The summed E-state index contributed by atoms with van der Waals surface area (Å²) in [6.45, 7) is 1.17. The zero-order valence-electron chi connectivity index (χ0n) is 14.1. The predicted octanol–water partition coefficient (Wildman–Crippen LogP) is 2.92. The Balaban J connectivity index is 2.21. The number of carbonyl (C=O) groups is 2. The number of ketones is 2. The summed E-state index contributed by atoms with van der Waals surface area (Å²) in [6.07, 6.45) is -0.592. The van der Waals surface area contributed by atoms with Gasteiger partial charge in [0.1, 0.15) is 22.3 Å². The second-order valence-corrected chi connectivity index (χ2v) is 6.17. The van der Waals surface area contributed by atoms with Gasteiger partial charge in [-0.15, -0.1) is 0 Å². The van der Waals surface area contributed by atoms with E-state index >= 15 is 0 Å². The molecule has 0 saturated heterocycles. The minimum Gasteiger partial charge on any atom is -0.506 e. The lowest BCUT2D eigenvalue weighted by Gasteiger charge is -2.08. The maximum absolute atomic E-state index is 12.4. The topological polar surface area (TPSA) is 115 Å². The minimum atomic E-state index is -1.12. The Bertz CT molecular complexity index is 1390. The first kappa shape index (κ1) is 16.7. The van der Waals surface area contributed by atoms with Crippen LogP contribution in [0.2, 0.25) is 0 Å². The van der Waals surface area contributed by atoms with Gasteiger partial charge >= 0.3 is 11.3 Å². The molecule has 0 radical (unpaired) electrons. The average molecular weight is 364 g/mol. The third kappa shape index (κ3) is 2.52. The van der Waals surface area contributed by atoms with E-state index in [4.69, 9.17) is 8.83 Å². The van der Waals surface area contributed by atoms with Gasteiger partial charge in [0.05, 0.1) is 11.8 Å². The highest BCUT2D eigenvalue weighted by atomic mass is 16.4. The molecule has 0 aliphatic rings. The number of aromatic hydroxyl groups is 1. The first-order valence-electron chi connectivity index (χ1n) is 8.05. The predicted molar refractivity (Wildman–Crippen MR) is 97.3 cm³/mol. The quantitative estimate of drug-likeness (QED) is 0.257. The van der Waals surface area contributed by atoms with E-state index in [1.54, 1.807) is 24.3 Å². The molecule has 27 heavy (non-hydrogen) atoms. The largest absolute Gasteiger partial charge is 0.506 e. The fourth-order valence-electron chi connectivity index (χ4n) is 3.17. The molecule has 7 heteroatoms. The average Bonchev–Trinajstić information content (AvgIpc) is 2.60. The van der Waals surface area contributed by atoms with Gasteiger partial charge in [-0.25, -0.2) is 9.59 Å². The van der Waals surface area contributed by atoms with Gasteiger partial charge in [0.25, 0.3) is 0 Å². The van der Waals surface area contributed by atoms with Gasteiger partial charge in [-0.1, -0.05) is 30.3 Å². The highest BCUT2D eigenvalue weighted by molar-refractivity contribution is 6.18.